The molecule has 1 aromatic carbocycles. The van der Waals surface area contributed by atoms with Crippen molar-refractivity contribution in [3.05, 3.63) is 28.3 Å². The van der Waals surface area contributed by atoms with Gasteiger partial charge in [0.15, 0.2) is 0 Å². The van der Waals surface area contributed by atoms with Gasteiger partial charge >= 0.3 is 0 Å². The number of piperazine rings is 1. The highest BCUT2D eigenvalue weighted by molar-refractivity contribution is 7.89. The van der Waals surface area contributed by atoms with Gasteiger partial charge in [-0.05, 0) is 56.8 Å². The molecule has 0 saturated carbocycles. The van der Waals surface area contributed by atoms with E-state index in [4.69, 9.17) is 0 Å². The average Bonchev–Trinajstić information content (AvgIpc) is 2.74. The number of piperidine rings is 1. The van der Waals surface area contributed by atoms with E-state index in [0.717, 1.165) is 52.0 Å². The summed E-state index contributed by atoms with van der Waals surface area (Å²) in [5.74, 6) is 0.547. The van der Waals surface area contributed by atoms with Gasteiger partial charge in [0, 0.05) is 51.9 Å². The van der Waals surface area contributed by atoms with Crippen molar-refractivity contribution < 1.29 is 13.3 Å². The van der Waals surface area contributed by atoms with Crippen LogP contribution < -0.4 is 5.32 Å². The summed E-state index contributed by atoms with van der Waals surface area (Å²) in [6.07, 6.45) is 2.90. The minimum atomic E-state index is -3.75. The maximum absolute atomic E-state index is 13.1. The topological polar surface area (TPSA) is 99.0 Å². The molecule has 0 spiro atoms. The fourth-order valence-corrected chi connectivity index (χ4v) is 6.38. The molecule has 1 N–H and O–H groups in total. The van der Waals surface area contributed by atoms with Gasteiger partial charge in [0.1, 0.15) is 5.69 Å². The first kappa shape index (κ1) is 24.9. The number of anilines is 1. The van der Waals surface area contributed by atoms with E-state index in [2.05, 4.69) is 22.2 Å². The second-order valence-electron chi connectivity index (χ2n) is 9.48. The Morgan fingerprint density at radius 2 is 1.75 bits per heavy atom. The number of unbranched alkanes of at least 4 members (excludes halogenated alkanes) is 1. The van der Waals surface area contributed by atoms with E-state index >= 15 is 0 Å². The third-order valence-electron chi connectivity index (χ3n) is 6.45. The summed E-state index contributed by atoms with van der Waals surface area (Å²) in [6, 6.07) is 4.22. The van der Waals surface area contributed by atoms with Crippen molar-refractivity contribution in [3.8, 4) is 0 Å². The van der Waals surface area contributed by atoms with Crippen LogP contribution in [0.2, 0.25) is 0 Å². The summed E-state index contributed by atoms with van der Waals surface area (Å²) in [4.78, 5) is 15.9. The van der Waals surface area contributed by atoms with Gasteiger partial charge in [-0.2, -0.15) is 4.31 Å². The van der Waals surface area contributed by atoms with E-state index in [0.29, 0.717) is 25.3 Å². The highest BCUT2D eigenvalue weighted by Gasteiger charge is 2.33. The normalized spacial score (nSPS) is 23.8. The summed E-state index contributed by atoms with van der Waals surface area (Å²) in [6.45, 7) is 11.0. The largest absolute Gasteiger partial charge is 0.379 e. The zero-order chi connectivity index (χ0) is 23.3. The molecule has 1 aromatic rings. The SMILES string of the molecule is C[C@@H]1C[C@H](C)CN(S(=O)(=O)c2ccc(NCCCCN3CCN(C)CC3)c([N+](=O)[O-])c2)C1. The molecule has 0 aromatic heterocycles. The lowest BCUT2D eigenvalue weighted by atomic mass is 9.94. The predicted octanol–water partition coefficient (Wildman–Crippen LogP) is 2.70. The van der Waals surface area contributed by atoms with Gasteiger partial charge in [0.2, 0.25) is 10.0 Å². The van der Waals surface area contributed by atoms with Gasteiger partial charge in [-0.3, -0.25) is 10.1 Å². The Balaban J connectivity index is 1.59. The lowest BCUT2D eigenvalue weighted by Crippen LogP contribution is -2.44. The number of hydrogen-bond donors (Lipinski definition) is 1. The van der Waals surface area contributed by atoms with Gasteiger partial charge in [0.25, 0.3) is 5.69 Å². The molecule has 2 heterocycles. The highest BCUT2D eigenvalue weighted by atomic mass is 32.2. The Morgan fingerprint density at radius 1 is 1.09 bits per heavy atom. The Hall–Kier alpha value is -1.75. The molecule has 180 valence electrons. The highest BCUT2D eigenvalue weighted by Crippen LogP contribution is 2.31. The summed E-state index contributed by atoms with van der Waals surface area (Å²) in [5, 5.41) is 14.8. The lowest BCUT2D eigenvalue weighted by Gasteiger charge is -2.34. The maximum Gasteiger partial charge on any atom is 0.293 e. The standard InChI is InChI=1S/C22H37N5O4S/c1-18-14-19(2)17-26(16-18)32(30,31)20-6-7-21(22(15-20)27(28)29)23-8-4-5-9-25-12-10-24(3)11-13-25/h6-7,15,18-19,23H,4-5,8-14,16-17H2,1-3H3/t18-,19+. The van der Waals surface area contributed by atoms with Crippen molar-refractivity contribution in [2.75, 3.05) is 64.7 Å². The molecule has 2 aliphatic heterocycles. The van der Waals surface area contributed by atoms with Gasteiger partial charge < -0.3 is 15.1 Å². The average molecular weight is 468 g/mol. The van der Waals surface area contributed by atoms with Crippen LogP contribution in [0.25, 0.3) is 0 Å². The molecule has 0 aliphatic carbocycles. The minimum absolute atomic E-state index is 0.00823. The van der Waals surface area contributed by atoms with E-state index in [-0.39, 0.29) is 22.4 Å². The smallest absolute Gasteiger partial charge is 0.293 e. The number of sulfonamides is 1. The quantitative estimate of drug-likeness (QED) is 0.339. The van der Waals surface area contributed by atoms with Gasteiger partial charge in [-0.25, -0.2) is 8.42 Å². The van der Waals surface area contributed by atoms with Crippen molar-refractivity contribution in [2.24, 2.45) is 11.8 Å². The molecule has 10 heteroatoms. The van der Waals surface area contributed by atoms with Crippen molar-refractivity contribution in [3.63, 3.8) is 0 Å². The zero-order valence-corrected chi connectivity index (χ0v) is 20.3. The van der Waals surface area contributed by atoms with E-state index in [9.17, 15) is 18.5 Å². The van der Waals surface area contributed by atoms with Crippen molar-refractivity contribution in [1.29, 1.82) is 0 Å². The van der Waals surface area contributed by atoms with E-state index in [1.54, 1.807) is 0 Å². The number of hydrogen-bond acceptors (Lipinski definition) is 7. The Labute approximate surface area is 192 Å². The van der Waals surface area contributed by atoms with Crippen LogP contribution in [0, 0.1) is 22.0 Å². The first-order chi connectivity index (χ1) is 15.2. The maximum atomic E-state index is 13.1. The summed E-state index contributed by atoms with van der Waals surface area (Å²) in [5.41, 5.74) is 0.178. The van der Waals surface area contributed by atoms with Crippen LogP contribution in [-0.4, -0.2) is 86.9 Å². The van der Waals surface area contributed by atoms with Crippen molar-refractivity contribution in [2.45, 2.75) is 38.0 Å². The molecule has 32 heavy (non-hydrogen) atoms. The Bertz CT molecular complexity index is 876. The summed E-state index contributed by atoms with van der Waals surface area (Å²) in [7, 11) is -1.62. The lowest BCUT2D eigenvalue weighted by molar-refractivity contribution is -0.384. The monoisotopic (exact) mass is 467 g/mol. The number of nitrogens with one attached hydrogen (secondary N) is 1. The molecule has 2 saturated heterocycles. The number of rotatable bonds is 9. The van der Waals surface area contributed by atoms with Crippen LogP contribution in [0.5, 0.6) is 0 Å². The molecule has 0 unspecified atom stereocenters. The fraction of sp³-hybridized carbons (Fsp3) is 0.727. The second-order valence-corrected chi connectivity index (χ2v) is 11.4. The molecule has 0 radical (unpaired) electrons. The summed E-state index contributed by atoms with van der Waals surface area (Å²) < 4.78 is 27.7. The van der Waals surface area contributed by atoms with Crippen molar-refractivity contribution >= 4 is 21.4 Å². The number of benzene rings is 1. The van der Waals surface area contributed by atoms with E-state index < -0.39 is 14.9 Å². The Morgan fingerprint density at radius 3 is 2.38 bits per heavy atom. The van der Waals surface area contributed by atoms with Gasteiger partial charge in [-0.1, -0.05) is 13.8 Å². The van der Waals surface area contributed by atoms with Crippen LogP contribution in [0.3, 0.4) is 0 Å². The first-order valence-electron chi connectivity index (χ1n) is 11.6. The van der Waals surface area contributed by atoms with Crippen LogP contribution >= 0.6 is 0 Å². The van der Waals surface area contributed by atoms with Gasteiger partial charge in [-0.15, -0.1) is 0 Å². The minimum Gasteiger partial charge on any atom is -0.379 e. The van der Waals surface area contributed by atoms with Crippen LogP contribution in [0.4, 0.5) is 11.4 Å². The summed E-state index contributed by atoms with van der Waals surface area (Å²) >= 11 is 0. The molecule has 9 nitrogen and oxygen atoms in total. The predicted molar refractivity (Wildman–Crippen MR) is 126 cm³/mol. The van der Waals surface area contributed by atoms with Crippen molar-refractivity contribution in [1.82, 2.24) is 14.1 Å². The van der Waals surface area contributed by atoms with Crippen LogP contribution in [0.1, 0.15) is 33.1 Å². The molecule has 2 aliphatic rings. The number of nitrogens with zero attached hydrogens (tertiary/aromatic N) is 4. The molecule has 0 bridgehead atoms. The molecule has 3 rings (SSSR count). The fourth-order valence-electron chi connectivity index (χ4n) is 4.68. The zero-order valence-electron chi connectivity index (χ0n) is 19.5. The van der Waals surface area contributed by atoms with Crippen LogP contribution in [-0.2, 0) is 10.0 Å². The van der Waals surface area contributed by atoms with Crippen LogP contribution in [0.15, 0.2) is 23.1 Å². The molecule has 2 fully saturated rings. The first-order valence-corrected chi connectivity index (χ1v) is 13.0. The molecule has 2 atom stereocenters. The number of likely N-dealkylation sites (N-methyl/N-ethyl adjacent to an activating group) is 1. The van der Waals surface area contributed by atoms with E-state index in [1.165, 1.54) is 22.5 Å². The van der Waals surface area contributed by atoms with Gasteiger partial charge in [0.05, 0.1) is 9.82 Å². The molecule has 0 amide bonds. The second kappa shape index (κ2) is 10.9. The molecular formula is C22H37N5O4S. The third-order valence-corrected chi connectivity index (χ3v) is 8.28. The third kappa shape index (κ3) is 6.40. The number of nitro benzene ring substituents is 1. The van der Waals surface area contributed by atoms with E-state index in [1.807, 2.05) is 13.8 Å². The molecular weight excluding hydrogens is 430 g/mol. The number of nitro groups is 1. The Kier molecular flexibility index (Phi) is 8.49.